The van der Waals surface area contributed by atoms with E-state index in [1.54, 1.807) is 36.4 Å². The number of para-hydroxylation sites is 2. The fraction of sp³-hybridized carbons (Fsp3) is 0. The van der Waals surface area contributed by atoms with Crippen molar-refractivity contribution in [2.45, 2.75) is 0 Å². The van der Waals surface area contributed by atoms with Gasteiger partial charge in [-0.2, -0.15) is 0 Å². The fourth-order valence-corrected chi connectivity index (χ4v) is 1.40. The summed E-state index contributed by atoms with van der Waals surface area (Å²) in [7, 11) is 0. The van der Waals surface area contributed by atoms with E-state index in [2.05, 4.69) is 0 Å². The van der Waals surface area contributed by atoms with Gasteiger partial charge in [0.1, 0.15) is 11.5 Å². The first-order chi connectivity index (χ1) is 6.79. The third-order valence-electron chi connectivity index (χ3n) is 2.10. The van der Waals surface area contributed by atoms with Crippen LogP contribution in [0.25, 0.3) is 11.1 Å². The Balaban J connectivity index is 0.00000112. The quantitative estimate of drug-likeness (QED) is 0.714. The molecule has 2 aromatic rings. The Morgan fingerprint density at radius 2 is 0.933 bits per heavy atom. The van der Waals surface area contributed by atoms with Crippen molar-refractivity contribution in [3.05, 3.63) is 48.5 Å². The van der Waals surface area contributed by atoms with E-state index in [4.69, 9.17) is 0 Å². The maximum atomic E-state index is 9.58. The van der Waals surface area contributed by atoms with E-state index >= 15 is 0 Å². The molecule has 73 valence electrons. The average Bonchev–Trinajstić information content (AvgIpc) is 2.20. The van der Waals surface area contributed by atoms with Gasteiger partial charge in [-0.1, -0.05) is 36.4 Å². The van der Waals surface area contributed by atoms with Crippen LogP contribution in [0.15, 0.2) is 48.5 Å². The summed E-state index contributed by atoms with van der Waals surface area (Å²) in [5.41, 5.74) is 1.29. The van der Waals surface area contributed by atoms with Gasteiger partial charge in [-0.3, -0.25) is 0 Å². The van der Waals surface area contributed by atoms with Crippen LogP contribution in [0.3, 0.4) is 0 Å². The molecule has 3 heteroatoms. The van der Waals surface area contributed by atoms with Gasteiger partial charge in [0.05, 0.1) is 0 Å². The number of benzene rings is 2. The van der Waals surface area contributed by atoms with Gasteiger partial charge in [0.15, 0.2) is 0 Å². The van der Waals surface area contributed by atoms with Gasteiger partial charge >= 0.3 is 0 Å². The minimum atomic E-state index is 0. The van der Waals surface area contributed by atoms with Crippen LogP contribution in [-0.4, -0.2) is 27.6 Å². The van der Waals surface area contributed by atoms with Gasteiger partial charge in [0, 0.05) is 28.5 Å². The van der Waals surface area contributed by atoms with Crippen LogP contribution in [0, 0.1) is 0 Å². The molecule has 0 aliphatic rings. The van der Waals surface area contributed by atoms with Gasteiger partial charge in [-0.05, 0) is 12.1 Å². The Morgan fingerprint density at radius 1 is 0.600 bits per heavy atom. The molecule has 15 heavy (non-hydrogen) atoms. The second-order valence-electron chi connectivity index (χ2n) is 3.03. The molecule has 0 amide bonds. The molecule has 0 saturated heterocycles. The smallest absolute Gasteiger partial charge is 0.123 e. The summed E-state index contributed by atoms with van der Waals surface area (Å²) in [6, 6.07) is 13.9. The SMILES string of the molecule is Oc1ccccc1-c1ccccc1O.[Al]. The van der Waals surface area contributed by atoms with Crippen LogP contribution in [-0.2, 0) is 0 Å². The van der Waals surface area contributed by atoms with E-state index in [1.807, 2.05) is 12.1 Å². The predicted molar refractivity (Wildman–Crippen MR) is 61.0 cm³/mol. The van der Waals surface area contributed by atoms with E-state index in [9.17, 15) is 10.2 Å². The minimum Gasteiger partial charge on any atom is -0.507 e. The van der Waals surface area contributed by atoms with E-state index in [0.29, 0.717) is 11.1 Å². The fourth-order valence-electron chi connectivity index (χ4n) is 1.40. The van der Waals surface area contributed by atoms with Crippen LogP contribution in [0.4, 0.5) is 0 Å². The predicted octanol–water partition coefficient (Wildman–Crippen LogP) is 2.38. The molecule has 0 aromatic heterocycles. The van der Waals surface area contributed by atoms with Crippen LogP contribution >= 0.6 is 0 Å². The van der Waals surface area contributed by atoms with Crippen molar-refractivity contribution in [3.8, 4) is 22.6 Å². The van der Waals surface area contributed by atoms with Crippen molar-refractivity contribution in [1.82, 2.24) is 0 Å². The van der Waals surface area contributed by atoms with E-state index in [0.717, 1.165) is 0 Å². The second kappa shape index (κ2) is 4.88. The zero-order valence-electron chi connectivity index (χ0n) is 8.09. The lowest BCUT2D eigenvalue weighted by molar-refractivity contribution is 0.469. The maximum Gasteiger partial charge on any atom is 0.123 e. The molecule has 0 heterocycles. The first-order valence-corrected chi connectivity index (χ1v) is 4.35. The van der Waals surface area contributed by atoms with Gasteiger partial charge in [-0.25, -0.2) is 0 Å². The van der Waals surface area contributed by atoms with Crippen molar-refractivity contribution in [2.75, 3.05) is 0 Å². The first kappa shape index (κ1) is 11.6. The average molecular weight is 213 g/mol. The van der Waals surface area contributed by atoms with Gasteiger partial charge in [0.25, 0.3) is 0 Å². The molecule has 3 radical (unpaired) electrons. The molecule has 0 aliphatic carbocycles. The van der Waals surface area contributed by atoms with Gasteiger partial charge < -0.3 is 10.2 Å². The lowest BCUT2D eigenvalue weighted by atomic mass is 10.0. The Hall–Kier alpha value is -1.43. The standard InChI is InChI=1S/C12H10O2.Al/c13-11-7-3-1-5-9(11)10-6-2-4-8-12(10)14;/h1-8,13-14H;. The van der Waals surface area contributed by atoms with Crippen LogP contribution in [0.5, 0.6) is 11.5 Å². The summed E-state index contributed by atoms with van der Waals surface area (Å²) in [6.07, 6.45) is 0. The minimum absolute atomic E-state index is 0. The van der Waals surface area contributed by atoms with E-state index in [-0.39, 0.29) is 28.9 Å². The Bertz CT molecular complexity index is 411. The highest BCUT2D eigenvalue weighted by atomic mass is 27.0. The molecule has 0 aliphatic heterocycles. The molecule has 0 fully saturated rings. The highest BCUT2D eigenvalue weighted by molar-refractivity contribution is 5.75. The normalized spacial score (nSPS) is 9.33. The highest BCUT2D eigenvalue weighted by Crippen LogP contribution is 2.34. The first-order valence-electron chi connectivity index (χ1n) is 4.35. The molecule has 0 spiro atoms. The summed E-state index contributed by atoms with van der Waals surface area (Å²) in [5.74, 6) is 0.350. The molecule has 0 atom stereocenters. The summed E-state index contributed by atoms with van der Waals surface area (Å²) in [5, 5.41) is 19.2. The highest BCUT2D eigenvalue weighted by Gasteiger charge is 2.06. The van der Waals surface area contributed by atoms with Crippen molar-refractivity contribution in [1.29, 1.82) is 0 Å². The van der Waals surface area contributed by atoms with Crippen molar-refractivity contribution in [3.63, 3.8) is 0 Å². The topological polar surface area (TPSA) is 40.5 Å². The number of phenolic OH excluding ortho intramolecular Hbond substituents is 2. The van der Waals surface area contributed by atoms with Crippen molar-refractivity contribution < 1.29 is 10.2 Å². The number of hydrogen-bond donors (Lipinski definition) is 2. The van der Waals surface area contributed by atoms with Crippen LogP contribution in [0.2, 0.25) is 0 Å². The number of aromatic hydroxyl groups is 2. The lowest BCUT2D eigenvalue weighted by Crippen LogP contribution is -1.79. The zero-order valence-corrected chi connectivity index (χ0v) is 9.25. The lowest BCUT2D eigenvalue weighted by Gasteiger charge is -2.05. The summed E-state index contributed by atoms with van der Waals surface area (Å²) < 4.78 is 0. The molecule has 0 saturated carbocycles. The number of hydrogen-bond acceptors (Lipinski definition) is 2. The van der Waals surface area contributed by atoms with Crippen LogP contribution in [0.1, 0.15) is 0 Å². The van der Waals surface area contributed by atoms with E-state index in [1.165, 1.54) is 0 Å². The molecule has 2 aromatic carbocycles. The third kappa shape index (κ3) is 2.33. The van der Waals surface area contributed by atoms with Crippen molar-refractivity contribution >= 4 is 17.4 Å². The summed E-state index contributed by atoms with van der Waals surface area (Å²) in [4.78, 5) is 0. The molecule has 0 bridgehead atoms. The molecule has 2 nitrogen and oxygen atoms in total. The maximum absolute atomic E-state index is 9.58. The molecule has 2 N–H and O–H groups in total. The summed E-state index contributed by atoms with van der Waals surface area (Å²) >= 11 is 0. The Labute approximate surface area is 99.0 Å². The molecular formula is C12H10AlO2. The van der Waals surface area contributed by atoms with Crippen molar-refractivity contribution in [2.24, 2.45) is 0 Å². The summed E-state index contributed by atoms with van der Waals surface area (Å²) in [6.45, 7) is 0. The number of rotatable bonds is 1. The van der Waals surface area contributed by atoms with Crippen LogP contribution < -0.4 is 0 Å². The molecule has 0 unspecified atom stereocenters. The monoisotopic (exact) mass is 213 g/mol. The second-order valence-corrected chi connectivity index (χ2v) is 3.03. The van der Waals surface area contributed by atoms with E-state index < -0.39 is 0 Å². The third-order valence-corrected chi connectivity index (χ3v) is 2.10. The number of phenols is 2. The molecular weight excluding hydrogens is 203 g/mol. The zero-order chi connectivity index (χ0) is 9.97. The Morgan fingerprint density at radius 3 is 1.27 bits per heavy atom. The van der Waals surface area contributed by atoms with Gasteiger partial charge in [-0.15, -0.1) is 0 Å². The molecule has 2 rings (SSSR count). The Kier molecular flexibility index (Phi) is 3.79. The van der Waals surface area contributed by atoms with Gasteiger partial charge in [0.2, 0.25) is 0 Å². The largest absolute Gasteiger partial charge is 0.507 e.